The zero-order chi connectivity index (χ0) is 22.8. The van der Waals surface area contributed by atoms with Crippen LogP contribution in [0.25, 0.3) is 0 Å². The van der Waals surface area contributed by atoms with Crippen LogP contribution in [0, 0.1) is 6.92 Å². The number of rotatable bonds is 9. The van der Waals surface area contributed by atoms with E-state index in [1.54, 1.807) is 23.1 Å². The van der Waals surface area contributed by atoms with Gasteiger partial charge in [0.1, 0.15) is 0 Å². The van der Waals surface area contributed by atoms with Crippen LogP contribution in [0.5, 0.6) is 11.5 Å². The Bertz CT molecular complexity index is 940. The molecule has 2 aromatic rings. The van der Waals surface area contributed by atoms with Crippen LogP contribution in [-0.4, -0.2) is 69.5 Å². The highest BCUT2D eigenvalue weighted by atomic mass is 16.5. The summed E-state index contributed by atoms with van der Waals surface area (Å²) in [5.74, 6) is 0.562. The van der Waals surface area contributed by atoms with E-state index in [9.17, 15) is 9.59 Å². The van der Waals surface area contributed by atoms with Crippen molar-refractivity contribution in [2.24, 2.45) is 5.10 Å². The van der Waals surface area contributed by atoms with E-state index in [1.165, 1.54) is 13.3 Å². The van der Waals surface area contributed by atoms with Crippen molar-refractivity contribution >= 4 is 23.7 Å². The van der Waals surface area contributed by atoms with Gasteiger partial charge < -0.3 is 24.4 Å². The first-order chi connectivity index (χ1) is 15.5. The number of morpholine rings is 1. The number of anilines is 1. The Kier molecular flexibility index (Phi) is 8.44. The molecule has 2 aromatic carbocycles. The van der Waals surface area contributed by atoms with Crippen LogP contribution in [0.4, 0.5) is 5.69 Å². The lowest BCUT2D eigenvalue weighted by molar-refractivity contribution is -0.137. The molecule has 9 heteroatoms. The summed E-state index contributed by atoms with van der Waals surface area (Å²) < 4.78 is 16.3. The van der Waals surface area contributed by atoms with Gasteiger partial charge in [0.05, 0.1) is 33.1 Å². The molecule has 1 heterocycles. The molecule has 0 aromatic heterocycles. The third-order valence-electron chi connectivity index (χ3n) is 4.81. The van der Waals surface area contributed by atoms with Gasteiger partial charge in [-0.1, -0.05) is 17.7 Å². The minimum atomic E-state index is -0.268. The van der Waals surface area contributed by atoms with Gasteiger partial charge in [0.15, 0.2) is 18.1 Å². The predicted molar refractivity (Wildman–Crippen MR) is 121 cm³/mol. The molecule has 0 saturated carbocycles. The second-order valence-corrected chi connectivity index (χ2v) is 7.20. The summed E-state index contributed by atoms with van der Waals surface area (Å²) in [6.45, 7) is 4.26. The van der Waals surface area contributed by atoms with Gasteiger partial charge in [-0.2, -0.15) is 5.10 Å². The zero-order valence-corrected chi connectivity index (χ0v) is 18.3. The fraction of sp³-hybridized carbons (Fsp3) is 0.348. The Hall–Kier alpha value is -3.59. The fourth-order valence-corrected chi connectivity index (χ4v) is 3.00. The second-order valence-electron chi connectivity index (χ2n) is 7.20. The van der Waals surface area contributed by atoms with Gasteiger partial charge in [-0.3, -0.25) is 9.59 Å². The van der Waals surface area contributed by atoms with Gasteiger partial charge in [0, 0.05) is 18.8 Å². The summed E-state index contributed by atoms with van der Waals surface area (Å²) in [5.41, 5.74) is 5.20. The summed E-state index contributed by atoms with van der Waals surface area (Å²) in [4.78, 5) is 25.9. The minimum Gasteiger partial charge on any atom is -0.493 e. The Labute approximate surface area is 187 Å². The van der Waals surface area contributed by atoms with Crippen molar-refractivity contribution in [3.63, 3.8) is 0 Å². The molecule has 0 spiro atoms. The molecule has 1 aliphatic rings. The smallest absolute Gasteiger partial charge is 0.260 e. The molecule has 32 heavy (non-hydrogen) atoms. The summed E-state index contributed by atoms with van der Waals surface area (Å²) in [5, 5.41) is 7.01. The van der Waals surface area contributed by atoms with Gasteiger partial charge >= 0.3 is 0 Å². The molecule has 9 nitrogen and oxygen atoms in total. The maximum atomic E-state index is 12.2. The van der Waals surface area contributed by atoms with E-state index in [4.69, 9.17) is 14.2 Å². The molecule has 0 radical (unpaired) electrons. The summed E-state index contributed by atoms with van der Waals surface area (Å²) in [6.07, 6.45) is 1.51. The Balaban J connectivity index is 1.47. The standard InChI is InChI=1S/C23H28N4O5/c1-17-3-6-19(7-4-17)24-15-22(28)26-25-14-18-5-8-20(21(13-18)30-2)32-16-23(29)27-9-11-31-12-10-27/h3-8,13-14,24H,9-12,15-16H2,1-2H3,(H,26,28)/b25-14+. The number of ether oxygens (including phenoxy) is 3. The van der Waals surface area contributed by atoms with E-state index in [2.05, 4.69) is 15.8 Å². The number of benzene rings is 2. The topological polar surface area (TPSA) is 101 Å². The predicted octanol–water partition coefficient (Wildman–Crippen LogP) is 1.80. The normalized spacial score (nSPS) is 13.6. The summed E-state index contributed by atoms with van der Waals surface area (Å²) >= 11 is 0. The van der Waals surface area contributed by atoms with Crippen LogP contribution in [0.2, 0.25) is 0 Å². The number of carbonyl (C=O) groups is 2. The number of amides is 2. The third kappa shape index (κ3) is 6.98. The molecule has 3 rings (SSSR count). The molecule has 1 fully saturated rings. The van der Waals surface area contributed by atoms with E-state index < -0.39 is 0 Å². The fourth-order valence-electron chi connectivity index (χ4n) is 3.00. The first kappa shape index (κ1) is 23.1. The first-order valence-electron chi connectivity index (χ1n) is 10.3. The highest BCUT2D eigenvalue weighted by Crippen LogP contribution is 2.27. The zero-order valence-electron chi connectivity index (χ0n) is 18.3. The van der Waals surface area contributed by atoms with Crippen molar-refractivity contribution in [2.45, 2.75) is 6.92 Å². The summed E-state index contributed by atoms with van der Waals surface area (Å²) in [6, 6.07) is 12.9. The van der Waals surface area contributed by atoms with E-state index in [1.807, 2.05) is 31.2 Å². The number of hydrazone groups is 1. The van der Waals surface area contributed by atoms with Crippen molar-refractivity contribution in [2.75, 3.05) is 51.9 Å². The Morgan fingerprint density at radius 3 is 2.59 bits per heavy atom. The molecule has 2 amide bonds. The van der Waals surface area contributed by atoms with Crippen molar-refractivity contribution < 1.29 is 23.8 Å². The number of hydrogen-bond acceptors (Lipinski definition) is 7. The number of carbonyl (C=O) groups excluding carboxylic acids is 2. The molecule has 170 valence electrons. The first-order valence-corrected chi connectivity index (χ1v) is 10.3. The van der Waals surface area contributed by atoms with E-state index in [0.29, 0.717) is 43.4 Å². The molecule has 2 N–H and O–H groups in total. The molecule has 0 bridgehead atoms. The molecule has 1 aliphatic heterocycles. The average Bonchev–Trinajstić information content (AvgIpc) is 2.83. The Morgan fingerprint density at radius 2 is 1.88 bits per heavy atom. The van der Waals surface area contributed by atoms with Crippen LogP contribution in [0.3, 0.4) is 0 Å². The second kappa shape index (κ2) is 11.7. The lowest BCUT2D eigenvalue weighted by atomic mass is 10.2. The van der Waals surface area contributed by atoms with Crippen molar-refractivity contribution in [3.05, 3.63) is 53.6 Å². The van der Waals surface area contributed by atoms with Crippen LogP contribution < -0.4 is 20.2 Å². The van der Waals surface area contributed by atoms with Crippen molar-refractivity contribution in [1.29, 1.82) is 0 Å². The van der Waals surface area contributed by atoms with E-state index in [0.717, 1.165) is 11.3 Å². The quantitative estimate of drug-likeness (QED) is 0.456. The highest BCUT2D eigenvalue weighted by molar-refractivity contribution is 5.85. The number of nitrogens with one attached hydrogen (secondary N) is 2. The number of aryl methyl sites for hydroxylation is 1. The molecule has 1 saturated heterocycles. The molecule has 0 atom stereocenters. The van der Waals surface area contributed by atoms with Gasteiger partial charge in [-0.25, -0.2) is 5.43 Å². The maximum Gasteiger partial charge on any atom is 0.260 e. The molecule has 0 unspecified atom stereocenters. The van der Waals surface area contributed by atoms with Crippen LogP contribution in [-0.2, 0) is 14.3 Å². The van der Waals surface area contributed by atoms with Gasteiger partial charge in [0.25, 0.3) is 11.8 Å². The molecular formula is C23H28N4O5. The largest absolute Gasteiger partial charge is 0.493 e. The van der Waals surface area contributed by atoms with E-state index in [-0.39, 0.29) is 25.0 Å². The van der Waals surface area contributed by atoms with E-state index >= 15 is 0 Å². The molecular weight excluding hydrogens is 412 g/mol. The van der Waals surface area contributed by atoms with Crippen molar-refractivity contribution in [3.8, 4) is 11.5 Å². The molecule has 0 aliphatic carbocycles. The van der Waals surface area contributed by atoms with Crippen molar-refractivity contribution in [1.82, 2.24) is 10.3 Å². The lowest BCUT2D eigenvalue weighted by Crippen LogP contribution is -2.43. The average molecular weight is 441 g/mol. The number of methoxy groups -OCH3 is 1. The van der Waals surface area contributed by atoms with Gasteiger partial charge in [-0.15, -0.1) is 0 Å². The monoisotopic (exact) mass is 440 g/mol. The van der Waals surface area contributed by atoms with Crippen LogP contribution in [0.15, 0.2) is 47.6 Å². The van der Waals surface area contributed by atoms with Crippen LogP contribution in [0.1, 0.15) is 11.1 Å². The summed E-state index contributed by atoms with van der Waals surface area (Å²) in [7, 11) is 1.52. The maximum absolute atomic E-state index is 12.2. The van der Waals surface area contributed by atoms with Crippen LogP contribution >= 0.6 is 0 Å². The SMILES string of the molecule is COc1cc(/C=N/NC(=O)CNc2ccc(C)cc2)ccc1OCC(=O)N1CCOCC1. The van der Waals surface area contributed by atoms with Gasteiger partial charge in [0.2, 0.25) is 0 Å². The number of hydrogen-bond donors (Lipinski definition) is 2. The number of nitrogens with zero attached hydrogens (tertiary/aromatic N) is 2. The third-order valence-corrected chi connectivity index (χ3v) is 4.81. The Morgan fingerprint density at radius 1 is 1.12 bits per heavy atom. The minimum absolute atomic E-state index is 0.0756. The lowest BCUT2D eigenvalue weighted by Gasteiger charge is -2.26. The van der Waals surface area contributed by atoms with Gasteiger partial charge in [-0.05, 0) is 42.8 Å². The highest BCUT2D eigenvalue weighted by Gasteiger charge is 2.18.